The number of morpholine rings is 1. The minimum absolute atomic E-state index is 0.0145. The molecule has 0 atom stereocenters. The molecule has 2 aromatic carbocycles. The van der Waals surface area contributed by atoms with Crippen molar-refractivity contribution in [2.75, 3.05) is 36.5 Å². The predicted octanol–water partition coefficient (Wildman–Crippen LogP) is 4.03. The summed E-state index contributed by atoms with van der Waals surface area (Å²) in [6.45, 7) is -0.623. The molecule has 1 N–H and O–H groups in total. The minimum Gasteiger partial charge on any atom is -0.434 e. The Hall–Kier alpha value is -2.38. The molecule has 1 heterocycles. The van der Waals surface area contributed by atoms with E-state index in [4.69, 9.17) is 16.3 Å². The van der Waals surface area contributed by atoms with Crippen LogP contribution in [0, 0.1) is 0 Å². The summed E-state index contributed by atoms with van der Waals surface area (Å²) in [5.74, 6) is -0.743. The van der Waals surface area contributed by atoms with Crippen LogP contribution in [0.1, 0.15) is 10.4 Å². The van der Waals surface area contributed by atoms with Gasteiger partial charge in [-0.2, -0.15) is 8.78 Å². The van der Waals surface area contributed by atoms with Crippen molar-refractivity contribution >= 4 is 28.9 Å². The summed E-state index contributed by atoms with van der Waals surface area (Å²) in [5.41, 5.74) is 1.19. The number of nitrogens with zero attached hydrogens (tertiary/aromatic N) is 1. The van der Waals surface area contributed by atoms with E-state index in [1.165, 1.54) is 18.2 Å². The Morgan fingerprint density at radius 3 is 2.62 bits per heavy atom. The first kappa shape index (κ1) is 18.4. The molecule has 0 radical (unpaired) electrons. The van der Waals surface area contributed by atoms with Crippen LogP contribution in [0.2, 0.25) is 5.02 Å². The number of benzene rings is 2. The Morgan fingerprint density at radius 1 is 1.15 bits per heavy atom. The van der Waals surface area contributed by atoms with E-state index in [0.717, 1.165) is 0 Å². The van der Waals surface area contributed by atoms with Crippen LogP contribution in [-0.4, -0.2) is 38.8 Å². The highest BCUT2D eigenvalue weighted by molar-refractivity contribution is 6.34. The molecule has 1 saturated heterocycles. The van der Waals surface area contributed by atoms with Gasteiger partial charge in [0.05, 0.1) is 35.2 Å². The third kappa shape index (κ3) is 4.23. The number of amides is 1. The predicted molar refractivity (Wildman–Crippen MR) is 95.5 cm³/mol. The number of carbonyl (C=O) groups is 1. The topological polar surface area (TPSA) is 50.8 Å². The van der Waals surface area contributed by atoms with Crippen molar-refractivity contribution in [2.24, 2.45) is 0 Å². The maximum atomic E-state index is 12.6. The quantitative estimate of drug-likeness (QED) is 0.848. The summed E-state index contributed by atoms with van der Waals surface area (Å²) < 4.78 is 34.9. The van der Waals surface area contributed by atoms with Crippen LogP contribution in [0.5, 0.6) is 5.75 Å². The number of alkyl halides is 2. The molecule has 1 amide bonds. The van der Waals surface area contributed by atoms with Crippen molar-refractivity contribution in [3.05, 3.63) is 53.1 Å². The molecule has 3 rings (SSSR count). The molecule has 0 aliphatic carbocycles. The zero-order valence-corrected chi connectivity index (χ0v) is 14.5. The van der Waals surface area contributed by atoms with Gasteiger partial charge >= 0.3 is 6.61 Å². The van der Waals surface area contributed by atoms with Gasteiger partial charge in [0.2, 0.25) is 0 Å². The van der Waals surface area contributed by atoms with Gasteiger partial charge in [0, 0.05) is 13.1 Å². The molecule has 1 aliphatic rings. The number of rotatable bonds is 5. The number of anilines is 2. The smallest absolute Gasteiger partial charge is 0.387 e. The number of hydrogen-bond acceptors (Lipinski definition) is 4. The number of nitrogens with one attached hydrogen (secondary N) is 1. The molecule has 0 unspecified atom stereocenters. The van der Waals surface area contributed by atoms with E-state index < -0.39 is 12.5 Å². The molecule has 26 heavy (non-hydrogen) atoms. The molecule has 2 aromatic rings. The zero-order valence-electron chi connectivity index (χ0n) is 13.8. The van der Waals surface area contributed by atoms with Crippen molar-refractivity contribution < 1.29 is 23.0 Å². The number of hydrogen-bond donors (Lipinski definition) is 1. The lowest BCUT2D eigenvalue weighted by Crippen LogP contribution is -2.37. The molecular weight excluding hydrogens is 366 g/mol. The van der Waals surface area contributed by atoms with Gasteiger partial charge < -0.3 is 19.7 Å². The second-order valence-electron chi connectivity index (χ2n) is 5.56. The van der Waals surface area contributed by atoms with E-state index in [2.05, 4.69) is 10.1 Å². The summed E-state index contributed by atoms with van der Waals surface area (Å²) in [5, 5.41) is 3.24. The van der Waals surface area contributed by atoms with Gasteiger partial charge in [-0.25, -0.2) is 0 Å². The SMILES string of the molecule is O=C(Nc1cccc(Cl)c1N1CCOCC1)c1ccccc1OC(F)F. The van der Waals surface area contributed by atoms with Gasteiger partial charge in [-0.15, -0.1) is 0 Å². The molecule has 1 fully saturated rings. The first-order valence-corrected chi connectivity index (χ1v) is 8.40. The maximum absolute atomic E-state index is 12.6. The first-order valence-electron chi connectivity index (χ1n) is 8.02. The Balaban J connectivity index is 1.88. The Kier molecular flexibility index (Phi) is 5.90. The van der Waals surface area contributed by atoms with Crippen LogP contribution in [0.15, 0.2) is 42.5 Å². The lowest BCUT2D eigenvalue weighted by Gasteiger charge is -2.31. The molecule has 0 saturated carbocycles. The summed E-state index contributed by atoms with van der Waals surface area (Å²) in [6.07, 6.45) is 0. The van der Waals surface area contributed by atoms with Crippen LogP contribution in [0.25, 0.3) is 0 Å². The molecular formula is C18H17ClF2N2O3. The Morgan fingerprint density at radius 2 is 1.88 bits per heavy atom. The molecule has 8 heteroatoms. The average molecular weight is 383 g/mol. The standard InChI is InChI=1S/C18H17ClF2N2O3/c19-13-5-3-6-14(16(13)23-8-10-25-11-9-23)22-17(24)12-4-1-2-7-15(12)26-18(20)21/h1-7,18H,8-11H2,(H,22,24). The van der Waals surface area contributed by atoms with Crippen molar-refractivity contribution in [1.82, 2.24) is 0 Å². The lowest BCUT2D eigenvalue weighted by atomic mass is 10.1. The monoisotopic (exact) mass is 382 g/mol. The minimum atomic E-state index is -3.01. The number of ether oxygens (including phenoxy) is 2. The lowest BCUT2D eigenvalue weighted by molar-refractivity contribution is -0.0501. The van der Waals surface area contributed by atoms with Crippen molar-refractivity contribution in [2.45, 2.75) is 6.61 Å². The van der Waals surface area contributed by atoms with E-state index >= 15 is 0 Å². The summed E-state index contributed by atoms with van der Waals surface area (Å²) in [4.78, 5) is 14.7. The van der Waals surface area contributed by atoms with Gasteiger partial charge in [-0.05, 0) is 24.3 Å². The van der Waals surface area contributed by atoms with E-state index in [-0.39, 0.29) is 11.3 Å². The maximum Gasteiger partial charge on any atom is 0.387 e. The van der Waals surface area contributed by atoms with Gasteiger partial charge in [-0.1, -0.05) is 29.8 Å². The van der Waals surface area contributed by atoms with E-state index in [1.807, 2.05) is 4.90 Å². The van der Waals surface area contributed by atoms with Crippen molar-refractivity contribution in [1.29, 1.82) is 0 Å². The third-order valence-electron chi connectivity index (χ3n) is 3.91. The van der Waals surface area contributed by atoms with Gasteiger partial charge in [-0.3, -0.25) is 4.79 Å². The number of halogens is 3. The second kappa shape index (κ2) is 8.33. The van der Waals surface area contributed by atoms with Gasteiger partial charge in [0.25, 0.3) is 5.91 Å². The van der Waals surface area contributed by atoms with Gasteiger partial charge in [0.1, 0.15) is 5.75 Å². The highest BCUT2D eigenvalue weighted by Crippen LogP contribution is 2.35. The Labute approximate surface area is 154 Å². The van der Waals surface area contributed by atoms with Crippen LogP contribution >= 0.6 is 11.6 Å². The fourth-order valence-corrected chi connectivity index (χ4v) is 3.06. The summed E-state index contributed by atoms with van der Waals surface area (Å²) >= 11 is 6.33. The molecule has 138 valence electrons. The molecule has 0 bridgehead atoms. The number of para-hydroxylation sites is 2. The van der Waals surface area contributed by atoms with Crippen LogP contribution in [-0.2, 0) is 4.74 Å². The van der Waals surface area contributed by atoms with Crippen LogP contribution in [0.3, 0.4) is 0 Å². The van der Waals surface area contributed by atoms with E-state index in [1.54, 1.807) is 24.3 Å². The summed E-state index contributed by atoms with van der Waals surface area (Å²) in [6, 6.07) is 11.0. The molecule has 0 aromatic heterocycles. The molecule has 0 spiro atoms. The van der Waals surface area contributed by atoms with Crippen molar-refractivity contribution in [3.63, 3.8) is 0 Å². The fourth-order valence-electron chi connectivity index (χ4n) is 2.77. The molecule has 1 aliphatic heterocycles. The van der Waals surface area contributed by atoms with Gasteiger partial charge in [0.15, 0.2) is 0 Å². The number of carbonyl (C=O) groups excluding carboxylic acids is 1. The highest BCUT2D eigenvalue weighted by atomic mass is 35.5. The average Bonchev–Trinajstić information content (AvgIpc) is 2.62. The first-order chi connectivity index (χ1) is 12.6. The van der Waals surface area contributed by atoms with Crippen LogP contribution < -0.4 is 15.0 Å². The molecule has 5 nitrogen and oxygen atoms in total. The highest BCUT2D eigenvalue weighted by Gasteiger charge is 2.21. The Bertz CT molecular complexity index is 783. The zero-order chi connectivity index (χ0) is 18.5. The largest absolute Gasteiger partial charge is 0.434 e. The van der Waals surface area contributed by atoms with Crippen molar-refractivity contribution in [3.8, 4) is 5.75 Å². The van der Waals surface area contributed by atoms with Crippen LogP contribution in [0.4, 0.5) is 20.2 Å². The normalized spacial score (nSPS) is 14.4. The van der Waals surface area contributed by atoms with E-state index in [0.29, 0.717) is 42.7 Å². The summed E-state index contributed by atoms with van der Waals surface area (Å²) in [7, 11) is 0. The second-order valence-corrected chi connectivity index (χ2v) is 5.97. The van der Waals surface area contributed by atoms with E-state index in [9.17, 15) is 13.6 Å². The third-order valence-corrected chi connectivity index (χ3v) is 4.22. The fraction of sp³-hybridized carbons (Fsp3) is 0.278.